The molecule has 1 aliphatic heterocycles. The zero-order valence-corrected chi connectivity index (χ0v) is 16.0. The molecule has 6 heteroatoms. The highest BCUT2D eigenvalue weighted by Gasteiger charge is 2.47. The molecule has 6 nitrogen and oxygen atoms in total. The predicted molar refractivity (Wildman–Crippen MR) is 109 cm³/mol. The zero-order valence-electron chi connectivity index (χ0n) is 16.0. The van der Waals surface area contributed by atoms with Crippen LogP contribution in [0.5, 0.6) is 11.5 Å². The number of ether oxygens (including phenoxy) is 2. The first-order valence-electron chi connectivity index (χ1n) is 9.75. The lowest BCUT2D eigenvalue weighted by atomic mass is 9.64. The van der Waals surface area contributed by atoms with Gasteiger partial charge in [-0.2, -0.15) is 0 Å². The molecule has 144 valence electrons. The summed E-state index contributed by atoms with van der Waals surface area (Å²) >= 11 is 0. The van der Waals surface area contributed by atoms with Crippen LogP contribution < -0.4 is 14.8 Å². The van der Waals surface area contributed by atoms with E-state index in [2.05, 4.69) is 20.2 Å². The molecule has 0 radical (unpaired) electrons. The number of hydrogen-bond donors (Lipinski definition) is 1. The lowest BCUT2D eigenvalue weighted by Gasteiger charge is -2.55. The van der Waals surface area contributed by atoms with Gasteiger partial charge < -0.3 is 14.8 Å². The van der Waals surface area contributed by atoms with Crippen LogP contribution in [0.25, 0.3) is 10.9 Å². The van der Waals surface area contributed by atoms with Crippen molar-refractivity contribution >= 4 is 22.4 Å². The number of anilines is 2. The summed E-state index contributed by atoms with van der Waals surface area (Å²) in [4.78, 5) is 11.2. The number of para-hydroxylation sites is 1. The second kappa shape index (κ2) is 6.95. The average Bonchev–Trinajstić information content (AvgIpc) is 2.66. The SMILES string of the molecule is COc1cc2ncnc(Nc3ccccc3)c2cc1OCN1CC2(CCC2)C1. The fourth-order valence-electron chi connectivity index (χ4n) is 4.24. The first-order valence-corrected chi connectivity index (χ1v) is 9.75. The number of fused-ring (bicyclic) bond motifs is 1. The van der Waals surface area contributed by atoms with Gasteiger partial charge in [-0.25, -0.2) is 9.97 Å². The summed E-state index contributed by atoms with van der Waals surface area (Å²) in [6.07, 6.45) is 5.68. The normalized spacial score (nSPS) is 17.8. The maximum absolute atomic E-state index is 6.12. The van der Waals surface area contributed by atoms with Gasteiger partial charge in [0.25, 0.3) is 0 Å². The molecule has 1 spiro atoms. The van der Waals surface area contributed by atoms with Crippen LogP contribution in [0, 0.1) is 5.41 Å². The maximum Gasteiger partial charge on any atom is 0.164 e. The number of benzene rings is 2. The van der Waals surface area contributed by atoms with E-state index in [4.69, 9.17) is 9.47 Å². The molecule has 1 saturated heterocycles. The maximum atomic E-state index is 6.12. The molecule has 5 rings (SSSR count). The number of rotatable bonds is 6. The van der Waals surface area contributed by atoms with Crippen molar-refractivity contribution in [2.45, 2.75) is 19.3 Å². The van der Waals surface area contributed by atoms with Crippen molar-refractivity contribution in [2.75, 3.05) is 32.2 Å². The van der Waals surface area contributed by atoms with E-state index >= 15 is 0 Å². The fourth-order valence-corrected chi connectivity index (χ4v) is 4.24. The van der Waals surface area contributed by atoms with E-state index in [1.165, 1.54) is 19.3 Å². The van der Waals surface area contributed by atoms with E-state index < -0.39 is 0 Å². The highest BCUT2D eigenvalue weighted by atomic mass is 16.5. The fraction of sp³-hybridized carbons (Fsp3) is 0.364. The summed E-state index contributed by atoms with van der Waals surface area (Å²) < 4.78 is 11.7. The number of methoxy groups -OCH3 is 1. The summed E-state index contributed by atoms with van der Waals surface area (Å²) in [5, 5.41) is 4.27. The summed E-state index contributed by atoms with van der Waals surface area (Å²) in [7, 11) is 1.66. The standard InChI is InChI=1S/C22H24N4O2/c1-27-19-11-18-17(21(24-14-23-18)25-16-6-3-2-4-7-16)10-20(19)28-15-26-12-22(13-26)8-5-9-22/h2-4,6-7,10-11,14H,5,8-9,12-13,15H2,1H3,(H,23,24,25). The third-order valence-electron chi connectivity index (χ3n) is 5.89. The van der Waals surface area contributed by atoms with Gasteiger partial charge in [0.2, 0.25) is 0 Å². The summed E-state index contributed by atoms with van der Waals surface area (Å²) in [5.74, 6) is 2.16. The van der Waals surface area contributed by atoms with E-state index in [0.717, 1.165) is 41.2 Å². The Morgan fingerprint density at radius 2 is 1.89 bits per heavy atom. The van der Waals surface area contributed by atoms with Crippen LogP contribution in [0.3, 0.4) is 0 Å². The Kier molecular flexibility index (Phi) is 4.28. The van der Waals surface area contributed by atoms with E-state index in [0.29, 0.717) is 17.9 Å². The quantitative estimate of drug-likeness (QED) is 0.696. The molecule has 28 heavy (non-hydrogen) atoms. The highest BCUT2D eigenvalue weighted by molar-refractivity contribution is 5.93. The molecule has 1 aromatic heterocycles. The molecule has 3 aromatic rings. The molecule has 1 N–H and O–H groups in total. The van der Waals surface area contributed by atoms with Gasteiger partial charge in [-0.15, -0.1) is 0 Å². The van der Waals surface area contributed by atoms with Crippen molar-refractivity contribution < 1.29 is 9.47 Å². The second-order valence-corrected chi connectivity index (χ2v) is 7.85. The molecule has 0 bridgehead atoms. The minimum atomic E-state index is 0.582. The Hall–Kier alpha value is -2.86. The van der Waals surface area contributed by atoms with Gasteiger partial charge in [-0.05, 0) is 36.5 Å². The van der Waals surface area contributed by atoms with E-state index in [1.807, 2.05) is 42.5 Å². The van der Waals surface area contributed by atoms with Gasteiger partial charge >= 0.3 is 0 Å². The van der Waals surface area contributed by atoms with Crippen molar-refractivity contribution in [3.63, 3.8) is 0 Å². The predicted octanol–water partition coefficient (Wildman–Crippen LogP) is 4.20. The average molecular weight is 376 g/mol. The van der Waals surface area contributed by atoms with Crippen molar-refractivity contribution in [2.24, 2.45) is 5.41 Å². The molecule has 2 heterocycles. The Bertz CT molecular complexity index is 980. The first-order chi connectivity index (χ1) is 13.7. The van der Waals surface area contributed by atoms with Crippen molar-refractivity contribution in [1.82, 2.24) is 14.9 Å². The van der Waals surface area contributed by atoms with Crippen molar-refractivity contribution in [1.29, 1.82) is 0 Å². The molecule has 2 aliphatic rings. The Labute approximate surface area is 164 Å². The topological polar surface area (TPSA) is 59.5 Å². The van der Waals surface area contributed by atoms with Gasteiger partial charge in [-0.1, -0.05) is 24.6 Å². The largest absolute Gasteiger partial charge is 0.493 e. The van der Waals surface area contributed by atoms with Crippen LogP contribution in [0.1, 0.15) is 19.3 Å². The van der Waals surface area contributed by atoms with Crippen LogP contribution in [0.4, 0.5) is 11.5 Å². The molecular formula is C22H24N4O2. The number of nitrogens with one attached hydrogen (secondary N) is 1. The number of likely N-dealkylation sites (tertiary alicyclic amines) is 1. The van der Waals surface area contributed by atoms with E-state index in [-0.39, 0.29) is 0 Å². The van der Waals surface area contributed by atoms with Crippen molar-refractivity contribution in [3.05, 3.63) is 48.8 Å². The first kappa shape index (κ1) is 17.3. The third kappa shape index (κ3) is 3.14. The third-order valence-corrected chi connectivity index (χ3v) is 5.89. The number of nitrogens with zero attached hydrogens (tertiary/aromatic N) is 3. The summed E-state index contributed by atoms with van der Waals surface area (Å²) in [5.41, 5.74) is 2.39. The van der Waals surface area contributed by atoms with Crippen LogP contribution in [-0.4, -0.2) is 41.8 Å². The van der Waals surface area contributed by atoms with Gasteiger partial charge in [0.05, 0.1) is 12.6 Å². The highest BCUT2D eigenvalue weighted by Crippen LogP contribution is 2.48. The minimum Gasteiger partial charge on any atom is -0.493 e. The lowest BCUT2D eigenvalue weighted by molar-refractivity contribution is -0.0903. The smallest absolute Gasteiger partial charge is 0.164 e. The zero-order chi connectivity index (χ0) is 19.0. The van der Waals surface area contributed by atoms with Crippen molar-refractivity contribution in [3.8, 4) is 11.5 Å². The molecule has 0 amide bonds. The molecule has 0 atom stereocenters. The Morgan fingerprint density at radius 3 is 2.61 bits per heavy atom. The number of aromatic nitrogens is 2. The molecule has 0 unspecified atom stereocenters. The van der Waals surface area contributed by atoms with Crippen LogP contribution >= 0.6 is 0 Å². The Balaban J connectivity index is 1.39. The summed E-state index contributed by atoms with van der Waals surface area (Å²) in [6.45, 7) is 2.87. The molecule has 2 aromatic carbocycles. The monoisotopic (exact) mass is 376 g/mol. The van der Waals surface area contributed by atoms with Gasteiger partial charge in [0.1, 0.15) is 18.9 Å². The summed E-state index contributed by atoms with van der Waals surface area (Å²) in [6, 6.07) is 13.9. The van der Waals surface area contributed by atoms with Gasteiger partial charge in [0.15, 0.2) is 11.5 Å². The molecule has 2 fully saturated rings. The molecule has 1 aliphatic carbocycles. The Morgan fingerprint density at radius 1 is 1.07 bits per heavy atom. The lowest BCUT2D eigenvalue weighted by Crippen LogP contribution is -2.60. The van der Waals surface area contributed by atoms with Crippen LogP contribution in [0.2, 0.25) is 0 Å². The van der Waals surface area contributed by atoms with Crippen LogP contribution in [0.15, 0.2) is 48.8 Å². The van der Waals surface area contributed by atoms with Gasteiger partial charge in [0, 0.05) is 30.2 Å². The number of hydrogen-bond acceptors (Lipinski definition) is 6. The van der Waals surface area contributed by atoms with E-state index in [9.17, 15) is 0 Å². The van der Waals surface area contributed by atoms with Crippen LogP contribution in [-0.2, 0) is 0 Å². The van der Waals surface area contributed by atoms with Gasteiger partial charge in [-0.3, -0.25) is 4.90 Å². The molecular weight excluding hydrogens is 352 g/mol. The minimum absolute atomic E-state index is 0.582. The second-order valence-electron chi connectivity index (χ2n) is 7.85. The molecule has 1 saturated carbocycles. The van der Waals surface area contributed by atoms with E-state index in [1.54, 1.807) is 13.4 Å².